The maximum atomic E-state index is 9.75. The first-order valence-electron chi connectivity index (χ1n) is 24.5. The Morgan fingerprint density at radius 3 is 0.792 bits per heavy atom. The topological polar surface area (TPSA) is 36.9 Å². The van der Waals surface area contributed by atoms with E-state index >= 15 is 0 Å². The number of hydrogen-bond donors (Lipinski definition) is 0. The second-order valence-corrected chi connectivity index (χ2v) is 23.0. The van der Waals surface area contributed by atoms with Crippen molar-refractivity contribution in [3.63, 3.8) is 0 Å². The first kappa shape index (κ1) is 58.7. The largest absolute Gasteiger partial charge is 0.673 e. The van der Waals surface area contributed by atoms with Crippen LogP contribution in [0.3, 0.4) is 0 Å². The van der Waals surface area contributed by atoms with E-state index in [2.05, 4.69) is 166 Å². The van der Waals surface area contributed by atoms with Crippen LogP contribution in [-0.2, 0) is 45.2 Å². The van der Waals surface area contributed by atoms with E-state index in [4.69, 9.17) is 18.9 Å². The first-order valence-corrected chi connectivity index (χ1v) is 27.2. The summed E-state index contributed by atoms with van der Waals surface area (Å²) in [6, 6.07) is 33.7. The third-order valence-corrected chi connectivity index (χ3v) is 18.0. The average Bonchev–Trinajstić information content (AvgIpc) is 3.27. The molecule has 0 spiro atoms. The van der Waals surface area contributed by atoms with E-state index < -0.39 is 23.1 Å². The Bertz CT molecular complexity index is 2380. The smallest absolute Gasteiger partial charge is 0.496 e. The summed E-state index contributed by atoms with van der Waals surface area (Å²) >= 11 is 0. The summed E-state index contributed by atoms with van der Waals surface area (Å²) in [5.74, 6) is 3.87. The van der Waals surface area contributed by atoms with Crippen LogP contribution in [-0.4, -0.2) is 35.7 Å². The fourth-order valence-electron chi connectivity index (χ4n) is 10.2. The molecule has 11 rings (SSSR count). The Kier molecular flexibility index (Phi) is 21.9. The Balaban J connectivity index is 0.000000602. The molecular weight excluding hydrogens is 1040 g/mol. The van der Waals surface area contributed by atoms with Crippen molar-refractivity contribution < 1.29 is 55.7 Å². The quantitative estimate of drug-likeness (QED) is 0.0778. The van der Waals surface area contributed by atoms with E-state index in [0.29, 0.717) is 0 Å². The van der Waals surface area contributed by atoms with Gasteiger partial charge in [0.15, 0.2) is 0 Å². The Labute approximate surface area is 443 Å². The van der Waals surface area contributed by atoms with E-state index in [1.54, 1.807) is 28.4 Å². The molecule has 0 atom stereocenters. The molecule has 5 radical (unpaired) electrons. The fraction of sp³-hybridized carbons (Fsp3) is 0.333. The van der Waals surface area contributed by atoms with Gasteiger partial charge in [-0.3, -0.25) is 0 Å². The number of aryl methyl sites for hydroxylation is 12. The maximum Gasteiger partial charge on any atom is 0.673 e. The molecule has 12 heteroatoms. The zero-order chi connectivity index (χ0) is 51.6. The summed E-state index contributed by atoms with van der Waals surface area (Å²) in [5.41, 5.74) is 15.0. The van der Waals surface area contributed by atoms with Crippen LogP contribution in [0, 0.1) is 81.1 Å². The van der Waals surface area contributed by atoms with E-state index in [1.807, 2.05) is 0 Å². The van der Waals surface area contributed by atoms with Crippen molar-refractivity contribution in [2.45, 2.75) is 107 Å². The Hall–Kier alpha value is -4.21. The number of hydrogen-bond acceptors (Lipinski definition) is 4. The van der Waals surface area contributed by atoms with Crippen molar-refractivity contribution in [2.24, 2.45) is 0 Å². The molecule has 0 unspecified atom stereocenters. The molecule has 5 aliphatic carbocycles. The Morgan fingerprint density at radius 1 is 0.361 bits per heavy atom. The first-order chi connectivity index (χ1) is 33.8. The molecule has 0 aromatic heterocycles. The molecule has 0 heterocycles. The molecule has 1 fully saturated rings. The van der Waals surface area contributed by atoms with E-state index in [0.717, 1.165) is 48.7 Å². The van der Waals surface area contributed by atoms with Crippen LogP contribution >= 0.6 is 15.8 Å². The summed E-state index contributed by atoms with van der Waals surface area (Å²) in [7, 11) is -0.658. The minimum atomic E-state index is -6.00. The fourth-order valence-corrected chi connectivity index (χ4v) is 16.0. The molecular formula is C60H70BF4O4P2Rh-. The summed E-state index contributed by atoms with van der Waals surface area (Å²) < 4.78 is 62.4. The summed E-state index contributed by atoms with van der Waals surface area (Å²) in [4.78, 5) is 0. The number of methoxy groups -OCH3 is 4. The van der Waals surface area contributed by atoms with Crippen molar-refractivity contribution >= 4 is 54.9 Å². The van der Waals surface area contributed by atoms with Crippen molar-refractivity contribution in [1.29, 1.82) is 0 Å². The van der Waals surface area contributed by atoms with Gasteiger partial charge in [-0.1, -0.05) is 36.4 Å². The number of ether oxygens (including phenoxy) is 4. The molecule has 0 saturated heterocycles. The van der Waals surface area contributed by atoms with Crippen molar-refractivity contribution in [3.8, 4) is 23.0 Å². The zero-order valence-electron chi connectivity index (χ0n) is 44.0. The van der Waals surface area contributed by atoms with Gasteiger partial charge in [-0.15, -0.1) is 0 Å². The van der Waals surface area contributed by atoms with Crippen LogP contribution in [0.4, 0.5) is 17.3 Å². The van der Waals surface area contributed by atoms with Crippen LogP contribution in [0.15, 0.2) is 84.9 Å². The van der Waals surface area contributed by atoms with Crippen molar-refractivity contribution in [3.05, 3.63) is 177 Å². The van der Waals surface area contributed by atoms with Gasteiger partial charge in [-0.05, 0) is 295 Å². The molecule has 0 aliphatic heterocycles. The van der Waals surface area contributed by atoms with Crippen LogP contribution in [0.1, 0.15) is 92.4 Å². The van der Waals surface area contributed by atoms with Crippen LogP contribution in [0.2, 0.25) is 0 Å². The van der Waals surface area contributed by atoms with E-state index in [9.17, 15) is 17.3 Å². The van der Waals surface area contributed by atoms with Gasteiger partial charge in [-0.2, -0.15) is 0 Å². The number of halogens is 4. The second-order valence-electron chi connectivity index (χ2n) is 18.6. The SMILES string of the molecule is COc1c(C)cc(P(c2cc(C)c(OC)c(C)c2)c2cc3ccc2CCc2ccc(c(P(c4cc(C)c(OC)c(C)c4)c4cc(C)c(OC)c(C)c4)c2)CC3)cc1C.F[B-](F)(F)F.[CH]1[CH]CC[CH][CH]CC1.[Rh]. The second kappa shape index (κ2) is 26.8. The normalized spacial score (nSPS) is 13.6. The molecule has 4 bridgehead atoms. The standard InChI is InChI=1S/C52H58O4P2.C8H12.BF4.Rh/c1-31-21-43(22-32(2)49(31)53-9)57(44-23-33(3)50(54-10)34(4)24-44)47-29-39-13-17-41(47)19-15-40-14-18-42(20-16-39)48(30-40)58(45-25-35(5)51(55-11)36(6)26-45)46-27-37(7)52(56-12)38(8)28-46;1-2-4-6-8-7-5-3-1;2-1(3,4)5;/h13-14,17-18,21-30H,15-16,19-20H2,1-12H3;1-2,7-8H,3-6H2;;/q;;-1;. The maximum absolute atomic E-state index is 9.75. The van der Waals surface area contributed by atoms with Gasteiger partial charge < -0.3 is 36.2 Å². The average molecular weight is 1110 g/mol. The van der Waals surface area contributed by atoms with Gasteiger partial charge in [0.2, 0.25) is 0 Å². The molecule has 4 nitrogen and oxygen atoms in total. The predicted molar refractivity (Wildman–Crippen MR) is 295 cm³/mol. The molecule has 385 valence electrons. The van der Waals surface area contributed by atoms with Crippen LogP contribution in [0.25, 0.3) is 0 Å². The van der Waals surface area contributed by atoms with E-state index in [-0.39, 0.29) is 19.5 Å². The summed E-state index contributed by atoms with van der Waals surface area (Å²) in [6.45, 7) is 17.4. The predicted octanol–water partition coefficient (Wildman–Crippen LogP) is 13.3. The molecule has 6 aromatic carbocycles. The molecule has 1 saturated carbocycles. The minimum Gasteiger partial charge on any atom is -0.496 e. The Morgan fingerprint density at radius 2 is 0.583 bits per heavy atom. The number of rotatable bonds is 10. The van der Waals surface area contributed by atoms with Crippen molar-refractivity contribution in [2.75, 3.05) is 28.4 Å². The molecule has 0 N–H and O–H groups in total. The van der Waals surface area contributed by atoms with Crippen molar-refractivity contribution in [1.82, 2.24) is 0 Å². The monoisotopic (exact) mass is 1110 g/mol. The zero-order valence-corrected chi connectivity index (χ0v) is 47.4. The minimum absolute atomic E-state index is 0. The number of benzene rings is 6. The summed E-state index contributed by atoms with van der Waals surface area (Å²) in [6.07, 6.45) is 17.8. The van der Waals surface area contributed by atoms with Gasteiger partial charge in [0.25, 0.3) is 0 Å². The third-order valence-electron chi connectivity index (χ3n) is 13.1. The van der Waals surface area contributed by atoms with Crippen LogP contribution in [0.5, 0.6) is 23.0 Å². The molecule has 5 aliphatic rings. The third kappa shape index (κ3) is 15.0. The van der Waals surface area contributed by atoms with E-state index in [1.165, 1.54) is 124 Å². The van der Waals surface area contributed by atoms with Gasteiger partial charge in [0.1, 0.15) is 23.0 Å². The molecule has 6 aromatic rings. The van der Waals surface area contributed by atoms with Gasteiger partial charge >= 0.3 is 7.25 Å². The van der Waals surface area contributed by atoms with Gasteiger partial charge in [0, 0.05) is 19.5 Å². The van der Waals surface area contributed by atoms with Gasteiger partial charge in [0.05, 0.1) is 28.4 Å². The molecule has 72 heavy (non-hydrogen) atoms. The van der Waals surface area contributed by atoms with Crippen LogP contribution < -0.4 is 50.8 Å². The summed E-state index contributed by atoms with van der Waals surface area (Å²) in [5, 5.41) is 8.31. The molecule has 0 amide bonds. The van der Waals surface area contributed by atoms with Gasteiger partial charge in [-0.25, -0.2) is 0 Å².